The average Bonchev–Trinajstić information content (AvgIpc) is 2.05. The Morgan fingerprint density at radius 3 is 2.27 bits per heavy atom. The molecule has 0 atom stereocenters. The number of aliphatic hydroxyl groups excluding tert-OH is 1. The van der Waals surface area contributed by atoms with E-state index >= 15 is 0 Å². The van der Waals surface area contributed by atoms with Crippen LogP contribution < -0.4 is 0 Å². The Morgan fingerprint density at radius 2 is 1.91 bits per heavy atom. The lowest BCUT2D eigenvalue weighted by Crippen LogP contribution is -2.21. The van der Waals surface area contributed by atoms with Crippen LogP contribution in [-0.4, -0.2) is 17.5 Å². The molecule has 0 unspecified atom stereocenters. The lowest BCUT2D eigenvalue weighted by molar-refractivity contribution is -0.122. The van der Waals surface area contributed by atoms with Crippen molar-refractivity contribution >= 4 is 5.78 Å². The predicted molar refractivity (Wildman–Crippen MR) is 43.2 cm³/mol. The number of rotatable bonds is 2. The fourth-order valence-electron chi connectivity index (χ4n) is 1.75. The first kappa shape index (κ1) is 8.72. The van der Waals surface area contributed by atoms with Crippen LogP contribution in [0.15, 0.2) is 0 Å². The Kier molecular flexibility index (Phi) is 3.06. The van der Waals surface area contributed by atoms with E-state index in [0.29, 0.717) is 18.3 Å². The third-order valence-corrected chi connectivity index (χ3v) is 2.68. The maximum absolute atomic E-state index is 10.9. The van der Waals surface area contributed by atoms with Crippen molar-refractivity contribution < 1.29 is 9.90 Å². The molecule has 0 aliphatic heterocycles. The van der Waals surface area contributed by atoms with E-state index in [2.05, 4.69) is 0 Å². The van der Waals surface area contributed by atoms with Crippen LogP contribution in [0.2, 0.25) is 0 Å². The number of aliphatic hydroxyl groups is 1. The van der Waals surface area contributed by atoms with Crippen molar-refractivity contribution in [3.8, 4) is 0 Å². The van der Waals surface area contributed by atoms with Crippen molar-refractivity contribution in [1.82, 2.24) is 0 Å². The van der Waals surface area contributed by atoms with E-state index in [4.69, 9.17) is 5.11 Å². The van der Waals surface area contributed by atoms with Gasteiger partial charge in [0.05, 0.1) is 0 Å². The summed E-state index contributed by atoms with van der Waals surface area (Å²) >= 11 is 0. The molecular weight excluding hydrogens is 140 g/mol. The van der Waals surface area contributed by atoms with Crippen LogP contribution in [0.25, 0.3) is 0 Å². The quantitative estimate of drug-likeness (QED) is 0.655. The molecule has 2 nitrogen and oxygen atoms in total. The van der Waals surface area contributed by atoms with Gasteiger partial charge in [0.1, 0.15) is 5.78 Å². The van der Waals surface area contributed by atoms with E-state index in [9.17, 15) is 4.79 Å². The molecule has 1 aliphatic rings. The predicted octanol–water partition coefficient (Wildman–Crippen LogP) is 1.37. The van der Waals surface area contributed by atoms with Crippen molar-refractivity contribution in [3.63, 3.8) is 0 Å². The van der Waals surface area contributed by atoms with Gasteiger partial charge in [-0.2, -0.15) is 0 Å². The lowest BCUT2D eigenvalue weighted by Gasteiger charge is -2.25. The molecule has 0 saturated heterocycles. The molecule has 0 amide bonds. The second-order valence-corrected chi connectivity index (χ2v) is 3.51. The highest BCUT2D eigenvalue weighted by Gasteiger charge is 2.22. The van der Waals surface area contributed by atoms with E-state index < -0.39 is 0 Å². The largest absolute Gasteiger partial charge is 0.396 e. The molecule has 1 aliphatic carbocycles. The average molecular weight is 156 g/mol. The van der Waals surface area contributed by atoms with Gasteiger partial charge in [0.25, 0.3) is 0 Å². The molecular formula is C9H16O2. The molecule has 2 heteroatoms. The Hall–Kier alpha value is -0.370. The highest BCUT2D eigenvalue weighted by Crippen LogP contribution is 2.28. The third kappa shape index (κ3) is 2.29. The van der Waals surface area contributed by atoms with Crippen LogP contribution >= 0.6 is 0 Å². The first-order valence-corrected chi connectivity index (χ1v) is 4.35. The number of carbonyl (C=O) groups excluding carboxylic acids is 1. The molecule has 0 bridgehead atoms. The standard InChI is InChI=1S/C9H16O2/c1-7(11)9-4-2-8(6-10)3-5-9/h8-10H,2-6H2,1H3. The van der Waals surface area contributed by atoms with Crippen LogP contribution in [0.3, 0.4) is 0 Å². The van der Waals surface area contributed by atoms with E-state index in [1.54, 1.807) is 6.92 Å². The summed E-state index contributed by atoms with van der Waals surface area (Å²) in [6, 6.07) is 0. The summed E-state index contributed by atoms with van der Waals surface area (Å²) in [4.78, 5) is 10.9. The smallest absolute Gasteiger partial charge is 0.132 e. The fraction of sp³-hybridized carbons (Fsp3) is 0.889. The van der Waals surface area contributed by atoms with Crippen LogP contribution in [-0.2, 0) is 4.79 Å². The topological polar surface area (TPSA) is 37.3 Å². The fourth-order valence-corrected chi connectivity index (χ4v) is 1.75. The zero-order valence-corrected chi connectivity index (χ0v) is 7.05. The van der Waals surface area contributed by atoms with Crippen molar-refractivity contribution in [1.29, 1.82) is 0 Å². The molecule has 0 aromatic heterocycles. The minimum Gasteiger partial charge on any atom is -0.396 e. The van der Waals surface area contributed by atoms with Gasteiger partial charge < -0.3 is 5.11 Å². The SMILES string of the molecule is CC(=O)C1CCC(CO)CC1. The van der Waals surface area contributed by atoms with Gasteiger partial charge in [-0.15, -0.1) is 0 Å². The Bertz CT molecular complexity index is 134. The van der Waals surface area contributed by atoms with Crippen LogP contribution in [0.5, 0.6) is 0 Å². The summed E-state index contributed by atoms with van der Waals surface area (Å²) < 4.78 is 0. The second-order valence-electron chi connectivity index (χ2n) is 3.51. The van der Waals surface area contributed by atoms with Crippen LogP contribution in [0, 0.1) is 11.8 Å². The number of ketones is 1. The number of hydrogen-bond donors (Lipinski definition) is 1. The molecule has 1 N–H and O–H groups in total. The highest BCUT2D eigenvalue weighted by molar-refractivity contribution is 5.78. The molecule has 0 radical (unpaired) electrons. The maximum Gasteiger partial charge on any atom is 0.132 e. The first-order valence-electron chi connectivity index (χ1n) is 4.35. The van der Waals surface area contributed by atoms with Crippen LogP contribution in [0.1, 0.15) is 32.6 Å². The molecule has 0 aromatic rings. The molecule has 0 spiro atoms. The zero-order chi connectivity index (χ0) is 8.27. The van der Waals surface area contributed by atoms with Gasteiger partial charge >= 0.3 is 0 Å². The van der Waals surface area contributed by atoms with Gasteiger partial charge in [0.15, 0.2) is 0 Å². The van der Waals surface area contributed by atoms with Gasteiger partial charge in [0.2, 0.25) is 0 Å². The first-order chi connectivity index (χ1) is 5.24. The zero-order valence-electron chi connectivity index (χ0n) is 7.05. The van der Waals surface area contributed by atoms with Crippen molar-refractivity contribution in [2.45, 2.75) is 32.6 Å². The Labute approximate surface area is 67.6 Å². The van der Waals surface area contributed by atoms with E-state index in [1.165, 1.54) is 0 Å². The maximum atomic E-state index is 10.9. The molecule has 0 aromatic carbocycles. The molecule has 0 heterocycles. The van der Waals surface area contributed by atoms with Gasteiger partial charge in [-0.25, -0.2) is 0 Å². The van der Waals surface area contributed by atoms with Gasteiger partial charge in [-0.3, -0.25) is 4.79 Å². The molecule has 1 saturated carbocycles. The van der Waals surface area contributed by atoms with Gasteiger partial charge in [0, 0.05) is 12.5 Å². The normalized spacial score (nSPS) is 31.8. The van der Waals surface area contributed by atoms with E-state index in [1.807, 2.05) is 0 Å². The molecule has 64 valence electrons. The van der Waals surface area contributed by atoms with Gasteiger partial charge in [-0.1, -0.05) is 0 Å². The highest BCUT2D eigenvalue weighted by atomic mass is 16.3. The second kappa shape index (κ2) is 3.86. The lowest BCUT2D eigenvalue weighted by atomic mass is 9.81. The number of hydrogen-bond acceptors (Lipinski definition) is 2. The summed E-state index contributed by atoms with van der Waals surface area (Å²) in [6.45, 7) is 1.97. The van der Waals surface area contributed by atoms with E-state index in [0.717, 1.165) is 25.7 Å². The van der Waals surface area contributed by atoms with Crippen LogP contribution in [0.4, 0.5) is 0 Å². The summed E-state index contributed by atoms with van der Waals surface area (Å²) in [5.41, 5.74) is 0. The third-order valence-electron chi connectivity index (χ3n) is 2.68. The molecule has 1 fully saturated rings. The Balaban J connectivity index is 2.30. The summed E-state index contributed by atoms with van der Waals surface area (Å²) in [5.74, 6) is 1.07. The molecule has 11 heavy (non-hydrogen) atoms. The monoisotopic (exact) mass is 156 g/mol. The van der Waals surface area contributed by atoms with Crippen molar-refractivity contribution in [2.24, 2.45) is 11.8 Å². The van der Waals surface area contributed by atoms with Crippen molar-refractivity contribution in [3.05, 3.63) is 0 Å². The summed E-state index contributed by atoms with van der Waals surface area (Å²) in [6.07, 6.45) is 4.03. The minimum atomic E-state index is 0.290. The number of Topliss-reactive ketones (excluding diaryl/α,β-unsaturated/α-hetero) is 1. The summed E-state index contributed by atoms with van der Waals surface area (Å²) in [5, 5.41) is 8.83. The summed E-state index contributed by atoms with van der Waals surface area (Å²) in [7, 11) is 0. The van der Waals surface area contributed by atoms with Gasteiger partial charge in [-0.05, 0) is 38.5 Å². The minimum absolute atomic E-state index is 0.290. The Morgan fingerprint density at radius 1 is 1.36 bits per heavy atom. The van der Waals surface area contributed by atoms with E-state index in [-0.39, 0.29) is 5.92 Å². The molecule has 1 rings (SSSR count). The van der Waals surface area contributed by atoms with Crippen molar-refractivity contribution in [2.75, 3.05) is 6.61 Å². The number of carbonyl (C=O) groups is 1.